The first-order chi connectivity index (χ1) is 14.7. The molecule has 0 spiro atoms. The van der Waals surface area contributed by atoms with Crippen LogP contribution in [0.25, 0.3) is 11.1 Å². The molecule has 31 heavy (non-hydrogen) atoms. The van der Waals surface area contributed by atoms with Crippen LogP contribution in [0.3, 0.4) is 0 Å². The summed E-state index contributed by atoms with van der Waals surface area (Å²) in [4.78, 5) is 18.7. The molecule has 0 saturated carbocycles. The van der Waals surface area contributed by atoms with Crippen LogP contribution in [-0.4, -0.2) is 46.7 Å². The Labute approximate surface area is 179 Å². The number of carbonyl (C=O) groups is 1. The molecular weight excluding hydrogens is 411 g/mol. The number of carbonyl (C=O) groups excluding carboxylic acids is 1. The van der Waals surface area contributed by atoms with Gasteiger partial charge < -0.3 is 14.2 Å². The SMILES string of the molecule is CC(C)c1cc(C(F)(F)F)c2c(C3CCCN(C(=O)CCC4CCCO4)C3)noc2n1. The number of aromatic nitrogens is 2. The molecule has 2 aromatic rings. The molecule has 0 radical (unpaired) electrons. The van der Waals surface area contributed by atoms with E-state index < -0.39 is 11.7 Å². The van der Waals surface area contributed by atoms with Crippen LogP contribution in [0.15, 0.2) is 10.6 Å². The number of pyridine rings is 1. The van der Waals surface area contributed by atoms with E-state index in [0.29, 0.717) is 44.5 Å². The number of hydrogen-bond donors (Lipinski definition) is 0. The van der Waals surface area contributed by atoms with Crippen LogP contribution >= 0.6 is 0 Å². The van der Waals surface area contributed by atoms with E-state index in [0.717, 1.165) is 25.5 Å². The molecule has 0 aliphatic carbocycles. The van der Waals surface area contributed by atoms with Gasteiger partial charge in [-0.1, -0.05) is 19.0 Å². The number of hydrogen-bond acceptors (Lipinski definition) is 5. The Morgan fingerprint density at radius 1 is 1.29 bits per heavy atom. The van der Waals surface area contributed by atoms with Crippen molar-refractivity contribution in [2.24, 2.45) is 0 Å². The predicted octanol–water partition coefficient (Wildman–Crippen LogP) is 5.03. The van der Waals surface area contributed by atoms with Crippen molar-refractivity contribution in [3.63, 3.8) is 0 Å². The summed E-state index contributed by atoms with van der Waals surface area (Å²) in [5.41, 5.74) is -0.284. The second-order valence-corrected chi connectivity index (χ2v) is 8.85. The van der Waals surface area contributed by atoms with E-state index in [1.54, 1.807) is 18.7 Å². The zero-order valence-electron chi connectivity index (χ0n) is 17.9. The van der Waals surface area contributed by atoms with E-state index in [4.69, 9.17) is 9.26 Å². The maximum Gasteiger partial charge on any atom is 0.417 e. The van der Waals surface area contributed by atoms with Gasteiger partial charge in [-0.25, -0.2) is 4.98 Å². The van der Waals surface area contributed by atoms with Gasteiger partial charge >= 0.3 is 6.18 Å². The largest absolute Gasteiger partial charge is 0.417 e. The summed E-state index contributed by atoms with van der Waals surface area (Å²) in [5.74, 6) is -0.468. The topological polar surface area (TPSA) is 68.5 Å². The predicted molar refractivity (Wildman–Crippen MR) is 108 cm³/mol. The van der Waals surface area contributed by atoms with Crippen molar-refractivity contribution in [3.05, 3.63) is 23.0 Å². The minimum absolute atomic E-state index is 0.0178. The maximum absolute atomic E-state index is 13.9. The van der Waals surface area contributed by atoms with Crippen LogP contribution in [0.1, 0.15) is 81.2 Å². The second-order valence-electron chi connectivity index (χ2n) is 8.85. The van der Waals surface area contributed by atoms with E-state index in [-0.39, 0.29) is 40.6 Å². The zero-order chi connectivity index (χ0) is 22.2. The average molecular weight is 439 g/mol. The van der Waals surface area contributed by atoms with Crippen LogP contribution in [0.2, 0.25) is 0 Å². The molecule has 6 nitrogen and oxygen atoms in total. The first-order valence-corrected chi connectivity index (χ1v) is 11.0. The molecule has 2 aliphatic rings. The molecule has 1 amide bonds. The summed E-state index contributed by atoms with van der Waals surface area (Å²) in [6, 6.07) is 1.10. The molecule has 2 unspecified atom stereocenters. The molecule has 4 heterocycles. The van der Waals surface area contributed by atoms with Crippen LogP contribution in [0.4, 0.5) is 13.2 Å². The third-order valence-electron chi connectivity index (χ3n) is 6.25. The minimum Gasteiger partial charge on any atom is -0.378 e. The van der Waals surface area contributed by atoms with Gasteiger partial charge in [-0.2, -0.15) is 13.2 Å². The van der Waals surface area contributed by atoms with Gasteiger partial charge in [0.2, 0.25) is 5.91 Å². The third-order valence-corrected chi connectivity index (χ3v) is 6.25. The Kier molecular flexibility index (Phi) is 6.23. The fourth-order valence-electron chi connectivity index (χ4n) is 4.53. The summed E-state index contributed by atoms with van der Waals surface area (Å²) in [6.07, 6.45) is 0.0432. The Morgan fingerprint density at radius 3 is 2.77 bits per heavy atom. The lowest BCUT2D eigenvalue weighted by molar-refractivity contribution is -0.136. The van der Waals surface area contributed by atoms with Gasteiger partial charge in [0.25, 0.3) is 5.71 Å². The lowest BCUT2D eigenvalue weighted by Gasteiger charge is -2.32. The Balaban J connectivity index is 1.57. The van der Waals surface area contributed by atoms with Gasteiger partial charge in [0.15, 0.2) is 0 Å². The zero-order valence-corrected chi connectivity index (χ0v) is 17.9. The molecule has 0 bridgehead atoms. The number of likely N-dealkylation sites (tertiary alicyclic amines) is 1. The Bertz CT molecular complexity index is 935. The molecular formula is C22H28F3N3O3. The molecule has 4 rings (SSSR count). The molecule has 2 aromatic heterocycles. The van der Waals surface area contributed by atoms with E-state index >= 15 is 0 Å². The molecule has 9 heteroatoms. The van der Waals surface area contributed by atoms with Crippen molar-refractivity contribution in [3.8, 4) is 0 Å². The normalized spacial score (nSPS) is 22.6. The molecule has 170 valence electrons. The van der Waals surface area contributed by atoms with Gasteiger partial charge in [0.1, 0.15) is 0 Å². The highest BCUT2D eigenvalue weighted by Gasteiger charge is 2.38. The van der Waals surface area contributed by atoms with Crippen LogP contribution < -0.4 is 0 Å². The van der Waals surface area contributed by atoms with Crippen LogP contribution in [0.5, 0.6) is 0 Å². The number of nitrogens with zero attached hydrogens (tertiary/aromatic N) is 3. The number of alkyl halides is 3. The maximum atomic E-state index is 13.9. The first kappa shape index (κ1) is 22.0. The molecule has 2 atom stereocenters. The highest BCUT2D eigenvalue weighted by Crippen LogP contribution is 2.40. The fourth-order valence-corrected chi connectivity index (χ4v) is 4.53. The highest BCUT2D eigenvalue weighted by atomic mass is 19.4. The van der Waals surface area contributed by atoms with Crippen molar-refractivity contribution < 1.29 is 27.2 Å². The van der Waals surface area contributed by atoms with E-state index in [1.807, 2.05) is 0 Å². The van der Waals surface area contributed by atoms with Gasteiger partial charge in [-0.15, -0.1) is 0 Å². The number of ether oxygens (including phenoxy) is 1. The molecule has 2 fully saturated rings. The number of amides is 1. The fraction of sp³-hybridized carbons (Fsp3) is 0.682. The summed E-state index contributed by atoms with van der Waals surface area (Å²) in [7, 11) is 0. The molecule has 0 N–H and O–H groups in total. The van der Waals surface area contributed by atoms with Crippen LogP contribution in [0, 0.1) is 0 Å². The van der Waals surface area contributed by atoms with E-state index in [9.17, 15) is 18.0 Å². The van der Waals surface area contributed by atoms with Crippen molar-refractivity contribution in [2.75, 3.05) is 19.7 Å². The monoisotopic (exact) mass is 439 g/mol. The Morgan fingerprint density at radius 2 is 2.10 bits per heavy atom. The van der Waals surface area contributed by atoms with Gasteiger partial charge in [0.05, 0.1) is 22.7 Å². The summed E-state index contributed by atoms with van der Waals surface area (Å²) in [5, 5.41) is 3.93. The summed E-state index contributed by atoms with van der Waals surface area (Å²) in [6.45, 7) is 5.27. The minimum atomic E-state index is -4.55. The summed E-state index contributed by atoms with van der Waals surface area (Å²) < 4.78 is 52.4. The second kappa shape index (κ2) is 8.76. The van der Waals surface area contributed by atoms with E-state index in [2.05, 4.69) is 10.1 Å². The Hall–Kier alpha value is -2.16. The highest BCUT2D eigenvalue weighted by molar-refractivity contribution is 5.82. The molecule has 2 saturated heterocycles. The molecule has 2 aliphatic heterocycles. The van der Waals surface area contributed by atoms with Gasteiger partial charge in [-0.05, 0) is 44.1 Å². The molecule has 0 aromatic carbocycles. The lowest BCUT2D eigenvalue weighted by Crippen LogP contribution is -2.39. The standard InChI is InChI=1S/C22H28F3N3O3/c1-13(2)17-11-16(22(23,24)25)19-20(27-31-21(19)26-17)14-5-3-9-28(12-14)18(29)8-7-15-6-4-10-30-15/h11,13-15H,3-10,12H2,1-2H3. The number of fused-ring (bicyclic) bond motifs is 1. The third kappa shape index (κ3) is 4.71. The first-order valence-electron chi connectivity index (χ1n) is 11.0. The van der Waals surface area contributed by atoms with Crippen LogP contribution in [-0.2, 0) is 15.7 Å². The van der Waals surface area contributed by atoms with Crippen molar-refractivity contribution in [1.82, 2.24) is 15.0 Å². The smallest absolute Gasteiger partial charge is 0.378 e. The van der Waals surface area contributed by atoms with E-state index in [1.165, 1.54) is 0 Å². The van der Waals surface area contributed by atoms with Gasteiger partial charge in [0, 0.05) is 37.7 Å². The number of piperidine rings is 1. The van der Waals surface area contributed by atoms with Crippen molar-refractivity contribution >= 4 is 17.0 Å². The quantitative estimate of drug-likeness (QED) is 0.654. The number of rotatable bonds is 5. The number of halogens is 3. The van der Waals surface area contributed by atoms with Gasteiger partial charge in [-0.3, -0.25) is 4.79 Å². The van der Waals surface area contributed by atoms with Crippen molar-refractivity contribution in [2.45, 2.75) is 76.5 Å². The average Bonchev–Trinajstić information content (AvgIpc) is 3.40. The van der Waals surface area contributed by atoms with Crippen molar-refractivity contribution in [1.29, 1.82) is 0 Å². The lowest BCUT2D eigenvalue weighted by atomic mass is 9.91. The summed E-state index contributed by atoms with van der Waals surface area (Å²) >= 11 is 0.